The number of carbonyl (C=O) groups is 1. The minimum absolute atomic E-state index is 0.204. The molecule has 45 heavy (non-hydrogen) atoms. The number of thiophene rings is 1. The lowest BCUT2D eigenvalue weighted by atomic mass is 9.90. The van der Waals surface area contributed by atoms with Gasteiger partial charge in [-0.15, -0.1) is 11.3 Å². The first-order valence-corrected chi connectivity index (χ1v) is 16.2. The number of hydrogen-bond donors (Lipinski definition) is 3. The molecule has 3 aromatic heterocycles. The highest BCUT2D eigenvalue weighted by Crippen LogP contribution is 2.41. The molecule has 0 atom stereocenters. The number of ether oxygens (including phenoxy) is 3. The molecule has 0 unspecified atom stereocenters. The van der Waals surface area contributed by atoms with Gasteiger partial charge in [0.2, 0.25) is 0 Å². The van der Waals surface area contributed by atoms with Crippen LogP contribution in [-0.4, -0.2) is 54.2 Å². The van der Waals surface area contributed by atoms with Gasteiger partial charge in [-0.1, -0.05) is 36.4 Å². The summed E-state index contributed by atoms with van der Waals surface area (Å²) in [5.41, 5.74) is 11.5. The van der Waals surface area contributed by atoms with Gasteiger partial charge in [-0.3, -0.25) is 4.79 Å². The van der Waals surface area contributed by atoms with E-state index in [0.29, 0.717) is 42.2 Å². The molecule has 4 N–H and O–H groups in total. The zero-order valence-electron chi connectivity index (χ0n) is 25.5. The predicted octanol–water partition coefficient (Wildman–Crippen LogP) is 6.59. The number of nitrogens with two attached hydrogens (primary N) is 1. The van der Waals surface area contributed by atoms with Gasteiger partial charge >= 0.3 is 0 Å². The second-order valence-electron chi connectivity index (χ2n) is 11.7. The first-order chi connectivity index (χ1) is 21.9. The third-order valence-electron chi connectivity index (χ3n) is 8.98. The molecule has 0 radical (unpaired) electrons. The highest BCUT2D eigenvalue weighted by Gasteiger charge is 2.40. The van der Waals surface area contributed by atoms with Gasteiger partial charge in [0.05, 0.1) is 26.0 Å². The minimum atomic E-state index is -0.331. The van der Waals surface area contributed by atoms with E-state index in [9.17, 15) is 4.79 Å². The predicted molar refractivity (Wildman–Crippen MR) is 181 cm³/mol. The number of para-hydroxylation sites is 1. The Morgan fingerprint density at radius 1 is 1.18 bits per heavy atom. The number of pyridine rings is 1. The number of carbonyl (C=O) groups excluding carboxylic acids is 1. The summed E-state index contributed by atoms with van der Waals surface area (Å²) < 4.78 is 20.4. The lowest BCUT2D eigenvalue weighted by molar-refractivity contribution is -0.179. The number of aryl methyl sites for hydroxylation is 1. The number of nitrogens with zero attached hydrogens (tertiary/aromatic N) is 2. The molecule has 7 rings (SSSR count). The van der Waals surface area contributed by atoms with Crippen molar-refractivity contribution in [1.82, 2.24) is 14.9 Å². The fourth-order valence-electron chi connectivity index (χ4n) is 6.54. The van der Waals surface area contributed by atoms with Gasteiger partial charge in [0, 0.05) is 70.8 Å². The maximum absolute atomic E-state index is 13.3. The van der Waals surface area contributed by atoms with Crippen molar-refractivity contribution in [2.24, 2.45) is 7.05 Å². The molecule has 0 bridgehead atoms. The molecular weight excluding hydrogens is 586 g/mol. The number of anilines is 2. The summed E-state index contributed by atoms with van der Waals surface area (Å²) in [7, 11) is 3.50. The van der Waals surface area contributed by atoms with Crippen LogP contribution in [0, 0.1) is 0 Å². The molecule has 1 aliphatic heterocycles. The maximum atomic E-state index is 13.3. The third kappa shape index (κ3) is 5.70. The van der Waals surface area contributed by atoms with Gasteiger partial charge in [0.25, 0.3) is 5.91 Å². The van der Waals surface area contributed by atoms with E-state index in [1.54, 1.807) is 18.4 Å². The van der Waals surface area contributed by atoms with Crippen LogP contribution in [0.4, 0.5) is 11.5 Å². The number of benzene rings is 2. The molecule has 1 aliphatic carbocycles. The van der Waals surface area contributed by atoms with Crippen LogP contribution in [-0.2, 0) is 16.5 Å². The van der Waals surface area contributed by atoms with Gasteiger partial charge in [-0.05, 0) is 48.1 Å². The summed E-state index contributed by atoms with van der Waals surface area (Å²) in [6.07, 6.45) is 10.1. The average molecular weight is 624 g/mol. The van der Waals surface area contributed by atoms with Crippen LogP contribution in [0.15, 0.2) is 66.2 Å². The van der Waals surface area contributed by atoms with Crippen LogP contribution in [0.25, 0.3) is 38.2 Å². The fourth-order valence-corrected chi connectivity index (χ4v) is 7.62. The highest BCUT2D eigenvalue weighted by atomic mass is 32.1. The fraction of sp³-hybridized carbons (Fsp3) is 0.314. The smallest absolute Gasteiger partial charge is 0.272 e. The summed E-state index contributed by atoms with van der Waals surface area (Å²) in [5, 5.41) is 10.7. The van der Waals surface area contributed by atoms with Crippen molar-refractivity contribution in [2.75, 3.05) is 37.9 Å². The van der Waals surface area contributed by atoms with E-state index >= 15 is 0 Å². The number of nitrogen functional groups attached to an aromatic ring is 1. The zero-order chi connectivity index (χ0) is 31.0. The molecule has 1 amide bonds. The van der Waals surface area contributed by atoms with E-state index in [1.165, 1.54) is 0 Å². The number of nitrogens with one attached hydrogen (secondary N) is 2. The Morgan fingerprint density at radius 2 is 1.98 bits per heavy atom. The molecule has 232 valence electrons. The summed E-state index contributed by atoms with van der Waals surface area (Å²) in [6.45, 7) is 2.19. The van der Waals surface area contributed by atoms with E-state index in [-0.39, 0.29) is 11.7 Å². The topological polar surface area (TPSA) is 113 Å². The molecule has 1 saturated carbocycles. The molecule has 9 nitrogen and oxygen atoms in total. The highest BCUT2D eigenvalue weighted by molar-refractivity contribution is 7.18. The van der Waals surface area contributed by atoms with Crippen LogP contribution >= 0.6 is 11.3 Å². The Kier molecular flexibility index (Phi) is 8.05. The van der Waals surface area contributed by atoms with E-state index in [2.05, 4.69) is 33.1 Å². The van der Waals surface area contributed by atoms with Crippen molar-refractivity contribution in [3.63, 3.8) is 0 Å². The Balaban J connectivity index is 1.06. The Bertz CT molecular complexity index is 1900. The van der Waals surface area contributed by atoms with Crippen LogP contribution < -0.4 is 21.1 Å². The van der Waals surface area contributed by atoms with Gasteiger partial charge in [-0.2, -0.15) is 0 Å². The third-order valence-corrected chi connectivity index (χ3v) is 10.0. The van der Waals surface area contributed by atoms with Gasteiger partial charge in [0.15, 0.2) is 5.79 Å². The SMILES string of the molecule is COc1cc(-c2csc3c(/C=C/CNC4CCC5(CC4)OCCO5)cnc(N)c23)ccc1NC(=O)c1cc2ccccc2n1C. The summed E-state index contributed by atoms with van der Waals surface area (Å²) in [5.74, 6) is 0.509. The molecule has 1 saturated heterocycles. The number of amides is 1. The maximum Gasteiger partial charge on any atom is 0.272 e. The summed E-state index contributed by atoms with van der Waals surface area (Å²) in [4.78, 5) is 17.8. The van der Waals surface area contributed by atoms with Gasteiger partial charge in [0.1, 0.15) is 17.3 Å². The van der Waals surface area contributed by atoms with E-state index in [4.69, 9.17) is 19.9 Å². The molecule has 10 heteroatoms. The number of fused-ring (bicyclic) bond motifs is 2. The molecule has 4 heterocycles. The molecule has 2 aromatic carbocycles. The number of rotatable bonds is 8. The van der Waals surface area contributed by atoms with Crippen LogP contribution in [0.1, 0.15) is 41.7 Å². The number of hydrogen-bond acceptors (Lipinski definition) is 8. The lowest BCUT2D eigenvalue weighted by Crippen LogP contribution is -2.42. The monoisotopic (exact) mass is 623 g/mol. The largest absolute Gasteiger partial charge is 0.495 e. The molecule has 2 aliphatic rings. The van der Waals surface area contributed by atoms with Crippen molar-refractivity contribution in [1.29, 1.82) is 0 Å². The van der Waals surface area contributed by atoms with E-state index < -0.39 is 0 Å². The standard InChI is InChI=1S/C35H37N5O4S/c1-40-28-8-4-3-6-23(28)18-29(40)34(41)39-27-10-9-22(19-30(27)42-2)26-21-45-32-24(20-38-33(36)31(26)32)7-5-15-37-25-11-13-35(14-12-25)43-16-17-44-35/h3-10,18-21,25,37H,11-17H2,1-2H3,(H2,36,38)(H,39,41)/b7-5+. The van der Waals surface area contributed by atoms with E-state index in [1.807, 2.05) is 66.3 Å². The number of aromatic nitrogens is 2. The molecule has 2 fully saturated rings. The van der Waals surface area contributed by atoms with Crippen molar-refractivity contribution in [3.05, 3.63) is 77.4 Å². The average Bonchev–Trinajstić information content (AvgIpc) is 3.80. The zero-order valence-corrected chi connectivity index (χ0v) is 26.3. The van der Waals surface area contributed by atoms with Gasteiger partial charge < -0.3 is 35.1 Å². The van der Waals surface area contributed by atoms with Crippen molar-refractivity contribution < 1.29 is 19.0 Å². The quantitative estimate of drug-likeness (QED) is 0.179. The first kappa shape index (κ1) is 29.5. The Morgan fingerprint density at radius 3 is 2.76 bits per heavy atom. The van der Waals surface area contributed by atoms with Gasteiger partial charge in [-0.25, -0.2) is 4.98 Å². The van der Waals surface area contributed by atoms with Crippen molar-refractivity contribution >= 4 is 55.8 Å². The van der Waals surface area contributed by atoms with Crippen LogP contribution in [0.2, 0.25) is 0 Å². The molecule has 5 aromatic rings. The minimum Gasteiger partial charge on any atom is -0.495 e. The lowest BCUT2D eigenvalue weighted by Gasteiger charge is -2.35. The summed E-state index contributed by atoms with van der Waals surface area (Å²) in [6, 6.07) is 16.1. The van der Waals surface area contributed by atoms with E-state index in [0.717, 1.165) is 69.9 Å². The molecule has 1 spiro atoms. The summed E-state index contributed by atoms with van der Waals surface area (Å²) >= 11 is 1.64. The Hall–Kier alpha value is -4.22. The second kappa shape index (κ2) is 12.3. The second-order valence-corrected chi connectivity index (χ2v) is 12.5. The normalized spacial score (nSPS) is 16.8. The van der Waals surface area contributed by atoms with Crippen LogP contribution in [0.5, 0.6) is 5.75 Å². The first-order valence-electron chi connectivity index (χ1n) is 15.3. The Labute approximate surface area is 266 Å². The van der Waals surface area contributed by atoms with Crippen molar-refractivity contribution in [3.8, 4) is 16.9 Å². The van der Waals surface area contributed by atoms with Crippen molar-refractivity contribution in [2.45, 2.75) is 37.5 Å². The molecular formula is C35H37N5O4S. The van der Waals surface area contributed by atoms with Crippen LogP contribution in [0.3, 0.4) is 0 Å². The number of methoxy groups -OCH3 is 1.